The van der Waals surface area contributed by atoms with Gasteiger partial charge in [0.2, 0.25) is 0 Å². The highest BCUT2D eigenvalue weighted by Gasteiger charge is 2.58. The van der Waals surface area contributed by atoms with E-state index in [9.17, 15) is 9.59 Å². The molecular weight excluding hydrogens is 411 g/mol. The summed E-state index contributed by atoms with van der Waals surface area (Å²) >= 11 is 0. The molecule has 1 heterocycles. The summed E-state index contributed by atoms with van der Waals surface area (Å²) in [5.74, 6) is -0.951. The molecule has 10 heteroatoms. The predicted molar refractivity (Wildman–Crippen MR) is 115 cm³/mol. The average Bonchev–Trinajstić information content (AvgIpc) is 2.61. The van der Waals surface area contributed by atoms with E-state index in [1.165, 1.54) is 19.4 Å². The second-order valence-electron chi connectivity index (χ2n) is 8.98. The summed E-state index contributed by atoms with van der Waals surface area (Å²) < 4.78 is 32.0. The van der Waals surface area contributed by atoms with E-state index < -0.39 is 37.0 Å². The number of anilines is 1. The molecule has 0 bridgehead atoms. The van der Waals surface area contributed by atoms with Crippen molar-refractivity contribution in [3.8, 4) is 5.75 Å². The van der Waals surface area contributed by atoms with Crippen LogP contribution in [-0.2, 0) is 19.1 Å². The number of nitrogens with one attached hydrogen (secondary N) is 1. The lowest BCUT2D eigenvalue weighted by molar-refractivity contribution is -0.143. The topological polar surface area (TPSA) is 107 Å². The van der Waals surface area contributed by atoms with Crippen LogP contribution in [0.25, 0.3) is 0 Å². The van der Waals surface area contributed by atoms with E-state index in [1.807, 2.05) is 41.5 Å². The Balaban J connectivity index is 2.87. The molecule has 0 radical (unpaired) electrons. The average molecular weight is 445 g/mol. The standard InChI is InChI=1S/C20H33FN2O6Si/c1-19(2,3)30(21,20(4,5)6)15-11-22-16(10-14(15)27-7)23-17(24)12-28-8-9-29-13-18(25)26/h10-11H,8-9,12-13H2,1-7H3,(H,25,26)(H,22,23,24). The van der Waals surface area contributed by atoms with Crippen LogP contribution in [0.4, 0.5) is 9.93 Å². The highest BCUT2D eigenvalue weighted by molar-refractivity contribution is 6.91. The van der Waals surface area contributed by atoms with Crippen molar-refractivity contribution in [2.75, 3.05) is 38.9 Å². The van der Waals surface area contributed by atoms with Crippen molar-refractivity contribution >= 4 is 31.3 Å². The number of nitrogens with zero attached hydrogens (tertiary/aromatic N) is 1. The highest BCUT2D eigenvalue weighted by Crippen LogP contribution is 2.52. The molecule has 0 aromatic carbocycles. The summed E-state index contributed by atoms with van der Waals surface area (Å²) in [6, 6.07) is 1.52. The number of halogens is 1. The van der Waals surface area contributed by atoms with E-state index in [0.29, 0.717) is 10.9 Å². The Morgan fingerprint density at radius 3 is 2.10 bits per heavy atom. The number of ether oxygens (including phenoxy) is 3. The lowest BCUT2D eigenvalue weighted by Crippen LogP contribution is -2.58. The molecule has 0 unspecified atom stereocenters. The first-order chi connectivity index (χ1) is 13.7. The Hall–Kier alpha value is -2.04. The number of aromatic nitrogens is 1. The molecular formula is C20H33FN2O6Si. The molecule has 0 aliphatic heterocycles. The maximum Gasteiger partial charge on any atom is 0.329 e. The zero-order chi connectivity index (χ0) is 23.2. The SMILES string of the molecule is COc1cc(NC(=O)COCCOCC(=O)O)ncc1[Si](F)(C(C)(C)C)C(C)(C)C. The molecule has 0 atom stereocenters. The molecule has 0 fully saturated rings. The smallest absolute Gasteiger partial charge is 0.329 e. The van der Waals surface area contributed by atoms with E-state index in [0.717, 1.165) is 0 Å². The van der Waals surface area contributed by atoms with Crippen LogP contribution in [0.3, 0.4) is 0 Å². The van der Waals surface area contributed by atoms with E-state index in [2.05, 4.69) is 10.3 Å². The Labute approximate surface area is 178 Å². The van der Waals surface area contributed by atoms with Gasteiger partial charge >= 0.3 is 5.97 Å². The number of hydrogen-bond donors (Lipinski definition) is 2. The molecule has 2 N–H and O–H groups in total. The summed E-state index contributed by atoms with van der Waals surface area (Å²) in [4.78, 5) is 26.6. The lowest BCUT2D eigenvalue weighted by Gasteiger charge is -2.45. The molecule has 0 spiro atoms. The van der Waals surface area contributed by atoms with Crippen LogP contribution in [0, 0.1) is 0 Å². The first kappa shape index (κ1) is 26.0. The second-order valence-corrected chi connectivity index (χ2v) is 13.8. The molecule has 1 amide bonds. The van der Waals surface area contributed by atoms with Gasteiger partial charge in [0, 0.05) is 17.4 Å². The van der Waals surface area contributed by atoms with Gasteiger partial charge in [0.05, 0.1) is 20.3 Å². The molecule has 1 rings (SSSR count). The second kappa shape index (κ2) is 10.3. The van der Waals surface area contributed by atoms with Crippen molar-refractivity contribution in [2.45, 2.75) is 51.6 Å². The van der Waals surface area contributed by atoms with Crippen molar-refractivity contribution < 1.29 is 33.0 Å². The number of carbonyl (C=O) groups is 2. The van der Waals surface area contributed by atoms with Crippen molar-refractivity contribution in [1.29, 1.82) is 0 Å². The summed E-state index contributed by atoms with van der Waals surface area (Å²) in [7, 11) is -2.12. The molecule has 30 heavy (non-hydrogen) atoms. The Morgan fingerprint density at radius 1 is 1.10 bits per heavy atom. The predicted octanol–water partition coefficient (Wildman–Crippen LogP) is 2.87. The van der Waals surface area contributed by atoms with Crippen molar-refractivity contribution in [2.24, 2.45) is 0 Å². The monoisotopic (exact) mass is 444 g/mol. The third-order valence-corrected chi connectivity index (χ3v) is 9.87. The van der Waals surface area contributed by atoms with Gasteiger partial charge < -0.3 is 28.7 Å². The maximum absolute atomic E-state index is 16.6. The van der Waals surface area contributed by atoms with Gasteiger partial charge in [-0.15, -0.1) is 0 Å². The number of hydrogen-bond acceptors (Lipinski definition) is 6. The summed E-state index contributed by atoms with van der Waals surface area (Å²) in [5, 5.41) is 10.3. The van der Waals surface area contributed by atoms with Gasteiger partial charge in [-0.3, -0.25) is 4.79 Å². The van der Waals surface area contributed by atoms with Crippen LogP contribution in [0.15, 0.2) is 12.3 Å². The number of rotatable bonds is 10. The third kappa shape index (κ3) is 6.48. The van der Waals surface area contributed by atoms with Gasteiger partial charge in [0.1, 0.15) is 24.8 Å². The Bertz CT molecular complexity index is 732. The third-order valence-electron chi connectivity index (χ3n) is 4.62. The van der Waals surface area contributed by atoms with Crippen LogP contribution in [0.5, 0.6) is 5.75 Å². The molecule has 0 aliphatic carbocycles. The quantitative estimate of drug-likeness (QED) is 0.325. The number of carboxylic acid groups (broad SMARTS) is 1. The zero-order valence-electron chi connectivity index (χ0n) is 18.8. The summed E-state index contributed by atoms with van der Waals surface area (Å²) in [5.41, 5.74) is 0. The van der Waals surface area contributed by atoms with Crippen LogP contribution >= 0.6 is 0 Å². The first-order valence-corrected chi connectivity index (χ1v) is 11.5. The Morgan fingerprint density at radius 2 is 1.63 bits per heavy atom. The number of carboxylic acids is 1. The summed E-state index contributed by atoms with van der Waals surface area (Å²) in [6.07, 6.45) is 1.46. The fourth-order valence-corrected chi connectivity index (χ4v) is 8.11. The van der Waals surface area contributed by atoms with Crippen molar-refractivity contribution in [3.63, 3.8) is 0 Å². The molecule has 0 saturated carbocycles. The number of aliphatic carboxylic acids is 1. The van der Waals surface area contributed by atoms with E-state index in [1.54, 1.807) is 0 Å². The molecule has 1 aromatic heterocycles. The van der Waals surface area contributed by atoms with Crippen LogP contribution in [0.1, 0.15) is 41.5 Å². The number of amides is 1. The first-order valence-electron chi connectivity index (χ1n) is 9.64. The fourth-order valence-electron chi connectivity index (χ4n) is 3.49. The van der Waals surface area contributed by atoms with Crippen LogP contribution in [-0.4, -0.2) is 63.9 Å². The zero-order valence-corrected chi connectivity index (χ0v) is 19.8. The molecule has 8 nitrogen and oxygen atoms in total. The number of pyridine rings is 1. The molecule has 0 aliphatic rings. The van der Waals surface area contributed by atoms with Gasteiger partial charge in [0.15, 0.2) is 0 Å². The van der Waals surface area contributed by atoms with Gasteiger partial charge in [-0.25, -0.2) is 9.78 Å². The number of carbonyl (C=O) groups excluding carboxylic acids is 1. The number of methoxy groups -OCH3 is 1. The van der Waals surface area contributed by atoms with Gasteiger partial charge in [0.25, 0.3) is 14.3 Å². The van der Waals surface area contributed by atoms with Crippen LogP contribution < -0.4 is 15.2 Å². The minimum Gasteiger partial charge on any atom is -0.497 e. The minimum atomic E-state index is -3.58. The normalized spacial score (nSPS) is 12.5. The van der Waals surface area contributed by atoms with Gasteiger partial charge in [-0.1, -0.05) is 41.5 Å². The minimum absolute atomic E-state index is 0.0587. The fraction of sp³-hybridized carbons (Fsp3) is 0.650. The molecule has 0 saturated heterocycles. The highest BCUT2D eigenvalue weighted by atomic mass is 28.4. The van der Waals surface area contributed by atoms with Crippen molar-refractivity contribution in [3.05, 3.63) is 12.3 Å². The van der Waals surface area contributed by atoms with E-state index in [-0.39, 0.29) is 25.6 Å². The van der Waals surface area contributed by atoms with Gasteiger partial charge in [-0.2, -0.15) is 0 Å². The van der Waals surface area contributed by atoms with Gasteiger partial charge in [-0.05, 0) is 10.1 Å². The summed E-state index contributed by atoms with van der Waals surface area (Å²) in [6.45, 7) is 10.8. The Kier molecular flexibility index (Phi) is 8.94. The largest absolute Gasteiger partial charge is 0.497 e. The lowest BCUT2D eigenvalue weighted by atomic mass is 10.2. The van der Waals surface area contributed by atoms with E-state index >= 15 is 4.11 Å². The molecule has 170 valence electrons. The molecule has 1 aromatic rings. The van der Waals surface area contributed by atoms with E-state index in [4.69, 9.17) is 19.3 Å². The van der Waals surface area contributed by atoms with Crippen molar-refractivity contribution in [1.82, 2.24) is 4.98 Å². The maximum atomic E-state index is 16.6. The van der Waals surface area contributed by atoms with Crippen LogP contribution in [0.2, 0.25) is 10.1 Å².